The van der Waals surface area contributed by atoms with Gasteiger partial charge < -0.3 is 4.74 Å². The zero-order valence-electron chi connectivity index (χ0n) is 16.2. The summed E-state index contributed by atoms with van der Waals surface area (Å²) in [5, 5.41) is 0. The van der Waals surface area contributed by atoms with Crippen LogP contribution >= 0.6 is 0 Å². The van der Waals surface area contributed by atoms with Gasteiger partial charge in [-0.25, -0.2) is 8.42 Å². The minimum Gasteiger partial charge on any atom is -0.374 e. The van der Waals surface area contributed by atoms with Gasteiger partial charge in [-0.05, 0) is 56.0 Å². The third-order valence-corrected chi connectivity index (χ3v) is 8.17. The second kappa shape index (κ2) is 6.35. The second-order valence-electron chi connectivity index (χ2n) is 8.26. The van der Waals surface area contributed by atoms with E-state index in [0.717, 1.165) is 24.1 Å². The first-order valence-electron chi connectivity index (χ1n) is 9.58. The monoisotopic (exact) mass is 385 g/mol. The molecule has 2 aliphatic rings. The van der Waals surface area contributed by atoms with Gasteiger partial charge in [-0.2, -0.15) is 0 Å². The fourth-order valence-electron chi connectivity index (χ4n) is 4.55. The van der Waals surface area contributed by atoms with Crippen molar-refractivity contribution in [1.82, 2.24) is 0 Å². The van der Waals surface area contributed by atoms with Gasteiger partial charge in [0.2, 0.25) is 0 Å². The lowest BCUT2D eigenvalue weighted by Gasteiger charge is -2.26. The van der Waals surface area contributed by atoms with Crippen molar-refractivity contribution in [2.45, 2.75) is 55.4 Å². The van der Waals surface area contributed by atoms with Crippen LogP contribution in [0.4, 0.5) is 5.69 Å². The summed E-state index contributed by atoms with van der Waals surface area (Å²) in [6.07, 6.45) is 4.47. The minimum atomic E-state index is -3.59. The number of rotatable bonds is 4. The predicted octanol–water partition coefficient (Wildman–Crippen LogP) is 4.59. The summed E-state index contributed by atoms with van der Waals surface area (Å²) in [4.78, 5) is 0.336. The van der Waals surface area contributed by atoms with Gasteiger partial charge >= 0.3 is 0 Å². The van der Waals surface area contributed by atoms with E-state index in [1.54, 1.807) is 23.5 Å². The van der Waals surface area contributed by atoms with Gasteiger partial charge in [0, 0.05) is 19.1 Å². The molecule has 1 fully saturated rings. The van der Waals surface area contributed by atoms with Crippen molar-refractivity contribution in [2.24, 2.45) is 0 Å². The zero-order valence-corrected chi connectivity index (χ0v) is 17.1. The van der Waals surface area contributed by atoms with Gasteiger partial charge in [0.05, 0.1) is 16.2 Å². The number of para-hydroxylation sites is 1. The molecule has 1 heterocycles. The number of hydrogen-bond acceptors (Lipinski definition) is 3. The van der Waals surface area contributed by atoms with Gasteiger partial charge in [0.25, 0.3) is 10.0 Å². The molecule has 1 aliphatic heterocycles. The van der Waals surface area contributed by atoms with Gasteiger partial charge in [0.15, 0.2) is 0 Å². The largest absolute Gasteiger partial charge is 0.374 e. The average molecular weight is 386 g/mol. The highest BCUT2D eigenvalue weighted by atomic mass is 32.2. The highest BCUT2D eigenvalue weighted by Gasteiger charge is 2.47. The number of ether oxygens (including phenoxy) is 1. The van der Waals surface area contributed by atoms with E-state index in [1.807, 2.05) is 44.2 Å². The maximum Gasteiger partial charge on any atom is 0.264 e. The van der Waals surface area contributed by atoms with Crippen molar-refractivity contribution in [3.63, 3.8) is 0 Å². The number of sulfonamides is 1. The number of fused-ring (bicyclic) bond motifs is 2. The van der Waals surface area contributed by atoms with Gasteiger partial charge in [-0.1, -0.05) is 43.2 Å². The molecule has 2 aromatic rings. The maximum absolute atomic E-state index is 13.5. The highest BCUT2D eigenvalue weighted by molar-refractivity contribution is 7.92. The molecular formula is C22H27NO3S. The Hall–Kier alpha value is -1.85. The van der Waals surface area contributed by atoms with Crippen molar-refractivity contribution >= 4 is 15.7 Å². The predicted molar refractivity (Wildman–Crippen MR) is 108 cm³/mol. The summed E-state index contributed by atoms with van der Waals surface area (Å²) in [7, 11) is -1.93. The Morgan fingerprint density at radius 2 is 1.63 bits per heavy atom. The molecule has 0 aromatic heterocycles. The molecular weight excluding hydrogens is 358 g/mol. The fraction of sp³-hybridized carbons (Fsp3) is 0.455. The third-order valence-electron chi connectivity index (χ3n) is 6.40. The highest BCUT2D eigenvalue weighted by Crippen LogP contribution is 2.51. The smallest absolute Gasteiger partial charge is 0.264 e. The zero-order chi connectivity index (χ0) is 19.3. The summed E-state index contributed by atoms with van der Waals surface area (Å²) in [5.41, 5.74) is 2.54. The van der Waals surface area contributed by atoms with E-state index < -0.39 is 15.6 Å². The summed E-state index contributed by atoms with van der Waals surface area (Å²) >= 11 is 0. The molecule has 1 aliphatic carbocycles. The van der Waals surface area contributed by atoms with Crippen LogP contribution in [0.1, 0.15) is 50.7 Å². The van der Waals surface area contributed by atoms with Crippen molar-refractivity contribution in [1.29, 1.82) is 0 Å². The molecule has 4 rings (SSSR count). The van der Waals surface area contributed by atoms with E-state index in [9.17, 15) is 8.42 Å². The molecule has 27 heavy (non-hydrogen) atoms. The minimum absolute atomic E-state index is 0.0123. The summed E-state index contributed by atoms with van der Waals surface area (Å²) in [6.45, 7) is 4.49. The molecule has 0 atom stereocenters. The van der Waals surface area contributed by atoms with Crippen LogP contribution in [0.15, 0.2) is 53.4 Å². The van der Waals surface area contributed by atoms with E-state index in [0.29, 0.717) is 11.4 Å². The van der Waals surface area contributed by atoms with Crippen molar-refractivity contribution in [2.75, 3.05) is 18.0 Å². The molecule has 4 nitrogen and oxygen atoms in total. The SMILES string of the molecule is COC(C)(C)c1ccc(S(=O)(=O)N2CC3(CCCC3)c3ccccc32)cc1. The van der Waals surface area contributed by atoms with Gasteiger partial charge in [0.1, 0.15) is 0 Å². The average Bonchev–Trinajstić information content (AvgIpc) is 3.28. The topological polar surface area (TPSA) is 46.6 Å². The van der Waals surface area contributed by atoms with Crippen LogP contribution in [0, 0.1) is 0 Å². The number of benzene rings is 2. The number of methoxy groups -OCH3 is 1. The first-order chi connectivity index (χ1) is 12.8. The molecule has 5 heteroatoms. The molecule has 0 unspecified atom stereocenters. The van der Waals surface area contributed by atoms with Crippen LogP contribution in [0.25, 0.3) is 0 Å². The molecule has 0 N–H and O–H groups in total. The van der Waals surface area contributed by atoms with Gasteiger partial charge in [-0.15, -0.1) is 0 Å². The standard InChI is InChI=1S/C22H27NO3S/c1-21(2,26-3)17-10-12-18(13-11-17)27(24,25)23-16-22(14-6-7-15-22)19-8-4-5-9-20(19)23/h4-5,8-13H,6-7,14-16H2,1-3H3. The summed E-state index contributed by atoms with van der Waals surface area (Å²) < 4.78 is 34.1. The van der Waals surface area contributed by atoms with E-state index >= 15 is 0 Å². The Labute approximate surface area is 162 Å². The van der Waals surface area contributed by atoms with Crippen LogP contribution in [0.2, 0.25) is 0 Å². The van der Waals surface area contributed by atoms with E-state index in [2.05, 4.69) is 6.07 Å². The molecule has 0 radical (unpaired) electrons. The van der Waals surface area contributed by atoms with Crippen LogP contribution in [0.3, 0.4) is 0 Å². The van der Waals surface area contributed by atoms with Crippen LogP contribution in [-0.4, -0.2) is 22.1 Å². The lowest BCUT2D eigenvalue weighted by Crippen LogP contribution is -2.35. The van der Waals surface area contributed by atoms with Crippen LogP contribution < -0.4 is 4.31 Å². The Bertz CT molecular complexity index is 942. The number of hydrogen-bond donors (Lipinski definition) is 0. The number of anilines is 1. The molecule has 1 spiro atoms. The Morgan fingerprint density at radius 3 is 2.26 bits per heavy atom. The van der Waals surface area contributed by atoms with Crippen molar-refractivity contribution in [3.05, 3.63) is 59.7 Å². The number of nitrogens with zero attached hydrogens (tertiary/aromatic N) is 1. The third kappa shape index (κ3) is 2.88. The van der Waals surface area contributed by atoms with E-state index in [1.165, 1.54) is 18.4 Å². The maximum atomic E-state index is 13.5. The molecule has 1 saturated carbocycles. The molecule has 2 aromatic carbocycles. The summed E-state index contributed by atoms with van der Waals surface area (Å²) in [6, 6.07) is 15.1. The lowest BCUT2D eigenvalue weighted by molar-refractivity contribution is 0.0192. The lowest BCUT2D eigenvalue weighted by atomic mass is 9.81. The van der Waals surface area contributed by atoms with Crippen LogP contribution in [0.5, 0.6) is 0 Å². The Balaban J connectivity index is 1.73. The van der Waals surface area contributed by atoms with Crippen LogP contribution in [-0.2, 0) is 25.8 Å². The first-order valence-corrected chi connectivity index (χ1v) is 11.0. The van der Waals surface area contributed by atoms with E-state index in [-0.39, 0.29) is 5.41 Å². The van der Waals surface area contributed by atoms with Crippen molar-refractivity contribution in [3.8, 4) is 0 Å². The summed E-state index contributed by atoms with van der Waals surface area (Å²) in [5.74, 6) is 0. The molecule has 0 bridgehead atoms. The first kappa shape index (κ1) is 18.5. The Kier molecular flexibility index (Phi) is 4.35. The van der Waals surface area contributed by atoms with E-state index in [4.69, 9.17) is 4.74 Å². The van der Waals surface area contributed by atoms with Crippen molar-refractivity contribution < 1.29 is 13.2 Å². The van der Waals surface area contributed by atoms with Gasteiger partial charge in [-0.3, -0.25) is 4.31 Å². The Morgan fingerprint density at radius 1 is 1.00 bits per heavy atom. The molecule has 144 valence electrons. The molecule has 0 amide bonds. The quantitative estimate of drug-likeness (QED) is 0.773. The molecule has 0 saturated heterocycles. The normalized spacial score (nSPS) is 18.9. The fourth-order valence-corrected chi connectivity index (χ4v) is 6.12. The second-order valence-corrected chi connectivity index (χ2v) is 10.1.